The van der Waals surface area contributed by atoms with Crippen molar-refractivity contribution in [3.8, 4) is 0 Å². The number of thioether (sulfide) groups is 1. The highest BCUT2D eigenvalue weighted by Gasteiger charge is 2.25. The Hall–Kier alpha value is -3.04. The number of allylic oxidation sites excluding steroid dienone is 2. The van der Waals surface area contributed by atoms with Crippen molar-refractivity contribution in [2.24, 2.45) is 0 Å². The molecule has 130 valence electrons. The molecule has 3 aromatic carbocycles. The van der Waals surface area contributed by atoms with Gasteiger partial charge in [-0.2, -0.15) is 0 Å². The Morgan fingerprint density at radius 3 is 2.56 bits per heavy atom. The second kappa shape index (κ2) is 6.29. The van der Waals surface area contributed by atoms with Gasteiger partial charge in [0.25, 0.3) is 0 Å². The van der Waals surface area contributed by atoms with Crippen molar-refractivity contribution in [2.45, 2.75) is 11.4 Å². The van der Waals surface area contributed by atoms with E-state index in [0.29, 0.717) is 0 Å². The second-order valence-electron chi connectivity index (χ2n) is 6.63. The van der Waals surface area contributed by atoms with E-state index in [4.69, 9.17) is 0 Å². The summed E-state index contributed by atoms with van der Waals surface area (Å²) in [5.74, 6) is 0.116. The lowest BCUT2D eigenvalue weighted by Crippen LogP contribution is -1.94. The molecule has 0 fully saturated rings. The van der Waals surface area contributed by atoms with Crippen LogP contribution in [0, 0.1) is 0 Å². The SMILES string of the molecule is C=CCn1c2ccccc2c2cc(C=C3Sc4ccccc4C3=O)ccc21. The van der Waals surface area contributed by atoms with Gasteiger partial charge in [-0.05, 0) is 42.0 Å². The molecule has 0 N–H and O–H groups in total. The van der Waals surface area contributed by atoms with E-state index in [-0.39, 0.29) is 5.78 Å². The third-order valence-corrected chi connectivity index (χ3v) is 6.08. The second-order valence-corrected chi connectivity index (χ2v) is 7.71. The van der Waals surface area contributed by atoms with Gasteiger partial charge in [-0.15, -0.1) is 6.58 Å². The summed E-state index contributed by atoms with van der Waals surface area (Å²) in [6.45, 7) is 4.66. The number of carbonyl (C=O) groups excluding carboxylic acids is 1. The number of aromatic nitrogens is 1. The summed E-state index contributed by atoms with van der Waals surface area (Å²) in [5.41, 5.74) is 4.24. The first kappa shape index (κ1) is 16.2. The molecule has 1 aliphatic rings. The molecule has 0 unspecified atom stereocenters. The van der Waals surface area contributed by atoms with E-state index in [9.17, 15) is 4.79 Å². The van der Waals surface area contributed by atoms with Gasteiger partial charge < -0.3 is 4.57 Å². The predicted octanol–water partition coefficient (Wildman–Crippen LogP) is 6.31. The number of benzene rings is 3. The molecular formula is C24H17NOS. The fourth-order valence-corrected chi connectivity index (χ4v) is 4.83. The maximum absolute atomic E-state index is 12.7. The van der Waals surface area contributed by atoms with E-state index in [1.165, 1.54) is 21.8 Å². The average molecular weight is 367 g/mol. The van der Waals surface area contributed by atoms with E-state index < -0.39 is 0 Å². The van der Waals surface area contributed by atoms with Gasteiger partial charge in [0.1, 0.15) is 0 Å². The molecule has 1 aromatic heterocycles. The quantitative estimate of drug-likeness (QED) is 0.313. The summed E-state index contributed by atoms with van der Waals surface area (Å²) in [7, 11) is 0. The Morgan fingerprint density at radius 1 is 0.926 bits per heavy atom. The van der Waals surface area contributed by atoms with Crippen molar-refractivity contribution in [3.63, 3.8) is 0 Å². The zero-order valence-corrected chi connectivity index (χ0v) is 15.5. The summed E-state index contributed by atoms with van der Waals surface area (Å²) >= 11 is 1.55. The number of para-hydroxylation sites is 1. The highest BCUT2D eigenvalue weighted by Crippen LogP contribution is 2.41. The molecule has 0 saturated carbocycles. The number of rotatable bonds is 3. The van der Waals surface area contributed by atoms with E-state index in [1.807, 2.05) is 36.4 Å². The van der Waals surface area contributed by atoms with Gasteiger partial charge in [-0.25, -0.2) is 0 Å². The summed E-state index contributed by atoms with van der Waals surface area (Å²) in [4.78, 5) is 14.5. The zero-order chi connectivity index (χ0) is 18.4. The molecule has 0 amide bonds. The van der Waals surface area contributed by atoms with E-state index in [2.05, 4.69) is 53.6 Å². The average Bonchev–Trinajstić information content (AvgIpc) is 3.18. The molecule has 0 bridgehead atoms. The number of hydrogen-bond donors (Lipinski definition) is 0. The van der Waals surface area contributed by atoms with Gasteiger partial charge in [-0.1, -0.05) is 54.2 Å². The molecule has 2 nitrogen and oxygen atoms in total. The smallest absolute Gasteiger partial charge is 0.200 e. The van der Waals surface area contributed by atoms with Crippen LogP contribution in [0.5, 0.6) is 0 Å². The van der Waals surface area contributed by atoms with Crippen LogP contribution >= 0.6 is 11.8 Å². The standard InChI is InChI=1S/C24H17NOS/c1-2-13-25-20-9-5-3-7-17(20)19-14-16(11-12-21(19)25)15-23-24(26)18-8-4-6-10-22(18)27-23/h2-12,14-15H,1,13H2. The largest absolute Gasteiger partial charge is 0.337 e. The molecule has 0 radical (unpaired) electrons. The van der Waals surface area contributed by atoms with Gasteiger partial charge in [0.05, 0.1) is 4.91 Å². The molecule has 0 aliphatic carbocycles. The molecule has 27 heavy (non-hydrogen) atoms. The number of carbonyl (C=O) groups is 1. The normalized spacial score (nSPS) is 15.0. The molecular weight excluding hydrogens is 350 g/mol. The minimum atomic E-state index is 0.116. The Kier molecular flexibility index (Phi) is 3.76. The van der Waals surface area contributed by atoms with Crippen LogP contribution in [-0.4, -0.2) is 10.4 Å². The minimum Gasteiger partial charge on any atom is -0.337 e. The van der Waals surface area contributed by atoms with Gasteiger partial charge in [-0.3, -0.25) is 4.79 Å². The first-order chi connectivity index (χ1) is 13.3. The van der Waals surface area contributed by atoms with E-state index in [0.717, 1.165) is 27.5 Å². The Labute approximate surface area is 161 Å². The number of Topliss-reactive ketones (excluding diaryl/α,β-unsaturated/α-hetero) is 1. The van der Waals surface area contributed by atoms with Crippen molar-refractivity contribution in [1.29, 1.82) is 0 Å². The lowest BCUT2D eigenvalue weighted by molar-refractivity contribution is 0.104. The molecule has 4 aromatic rings. The zero-order valence-electron chi connectivity index (χ0n) is 14.7. The number of ketones is 1. The van der Waals surface area contributed by atoms with Crippen molar-refractivity contribution in [2.75, 3.05) is 0 Å². The monoisotopic (exact) mass is 367 g/mol. The maximum Gasteiger partial charge on any atom is 0.200 e. The summed E-state index contributed by atoms with van der Waals surface area (Å²) in [5, 5.41) is 2.43. The van der Waals surface area contributed by atoms with Crippen molar-refractivity contribution >= 4 is 45.4 Å². The van der Waals surface area contributed by atoms with Crippen molar-refractivity contribution < 1.29 is 4.79 Å². The van der Waals surface area contributed by atoms with Crippen LogP contribution in [0.4, 0.5) is 0 Å². The molecule has 0 spiro atoms. The third kappa shape index (κ3) is 2.54. The number of hydrogen-bond acceptors (Lipinski definition) is 2. The van der Waals surface area contributed by atoms with Crippen molar-refractivity contribution in [1.82, 2.24) is 4.57 Å². The van der Waals surface area contributed by atoms with Crippen LogP contribution in [-0.2, 0) is 6.54 Å². The molecule has 0 saturated heterocycles. The molecule has 1 aliphatic heterocycles. The number of fused-ring (bicyclic) bond motifs is 4. The van der Waals surface area contributed by atoms with Gasteiger partial charge >= 0.3 is 0 Å². The lowest BCUT2D eigenvalue weighted by Gasteiger charge is -2.03. The summed E-state index contributed by atoms with van der Waals surface area (Å²) in [6, 6.07) is 22.6. The highest BCUT2D eigenvalue weighted by molar-refractivity contribution is 8.04. The van der Waals surface area contributed by atoms with Gasteiger partial charge in [0.15, 0.2) is 0 Å². The van der Waals surface area contributed by atoms with E-state index >= 15 is 0 Å². The third-order valence-electron chi connectivity index (χ3n) is 4.98. The van der Waals surface area contributed by atoms with Crippen molar-refractivity contribution in [3.05, 3.63) is 95.4 Å². The molecule has 3 heteroatoms. The minimum absolute atomic E-state index is 0.116. The first-order valence-corrected chi connectivity index (χ1v) is 9.73. The molecule has 0 atom stereocenters. The Morgan fingerprint density at radius 2 is 1.70 bits per heavy atom. The predicted molar refractivity (Wildman–Crippen MR) is 114 cm³/mol. The molecule has 2 heterocycles. The van der Waals surface area contributed by atoms with Crippen LogP contribution in [0.15, 0.2) is 89.2 Å². The number of nitrogens with zero attached hydrogens (tertiary/aromatic N) is 1. The topological polar surface area (TPSA) is 22.0 Å². The van der Waals surface area contributed by atoms with Crippen LogP contribution in [0.2, 0.25) is 0 Å². The van der Waals surface area contributed by atoms with Gasteiger partial charge in [0.2, 0.25) is 5.78 Å². The fourth-order valence-electron chi connectivity index (χ4n) is 3.77. The highest BCUT2D eigenvalue weighted by atomic mass is 32.2. The maximum atomic E-state index is 12.7. The van der Waals surface area contributed by atoms with Gasteiger partial charge in [0, 0.05) is 38.8 Å². The van der Waals surface area contributed by atoms with E-state index in [1.54, 1.807) is 11.8 Å². The van der Waals surface area contributed by atoms with Crippen LogP contribution in [0.25, 0.3) is 27.9 Å². The van der Waals surface area contributed by atoms with Crippen LogP contribution in [0.3, 0.4) is 0 Å². The Bertz CT molecular complexity index is 1260. The summed E-state index contributed by atoms with van der Waals surface area (Å²) < 4.78 is 2.28. The molecule has 5 rings (SSSR count). The fraction of sp³-hybridized carbons (Fsp3) is 0.0417. The van der Waals surface area contributed by atoms with Crippen LogP contribution in [0.1, 0.15) is 15.9 Å². The summed E-state index contributed by atoms with van der Waals surface area (Å²) in [6.07, 6.45) is 3.93. The Balaban J connectivity index is 1.65. The first-order valence-electron chi connectivity index (χ1n) is 8.91. The lowest BCUT2D eigenvalue weighted by atomic mass is 10.1. The van der Waals surface area contributed by atoms with Crippen LogP contribution < -0.4 is 0 Å².